The normalized spacial score (nSPS) is 9.42. The third-order valence-electron chi connectivity index (χ3n) is 1.52. The monoisotopic (exact) mass is 160 g/mol. The van der Waals surface area contributed by atoms with Crippen LogP contribution in [0.2, 0.25) is 0 Å². The highest BCUT2D eigenvalue weighted by Crippen LogP contribution is 2.00. The zero-order chi connectivity index (χ0) is 8.97. The highest BCUT2D eigenvalue weighted by atomic mass is 16.1. The van der Waals surface area contributed by atoms with Crippen LogP contribution >= 0.6 is 0 Å². The molecule has 60 valence electrons. The van der Waals surface area contributed by atoms with Crippen molar-refractivity contribution < 1.29 is 4.79 Å². The Kier molecular flexibility index (Phi) is 2.85. The molecule has 1 aromatic rings. The van der Waals surface area contributed by atoms with E-state index in [4.69, 9.17) is 7.85 Å². The van der Waals surface area contributed by atoms with Crippen molar-refractivity contribution in [2.24, 2.45) is 0 Å². The maximum Gasteiger partial charge on any atom is 0.269 e. The Hall–Kier alpha value is -1.32. The molecule has 0 aliphatic heterocycles. The average Bonchev–Trinajstić information content (AvgIpc) is 2.17. The van der Waals surface area contributed by atoms with Crippen molar-refractivity contribution in [1.82, 2.24) is 10.3 Å². The Morgan fingerprint density at radius 3 is 3.08 bits per heavy atom. The molecule has 1 aromatic heterocycles. The number of rotatable bonds is 2. The third-order valence-corrected chi connectivity index (χ3v) is 1.52. The summed E-state index contributed by atoms with van der Waals surface area (Å²) in [6.45, 7) is 0. The number of amides is 1. The summed E-state index contributed by atoms with van der Waals surface area (Å²) in [4.78, 5) is 15.0. The van der Waals surface area contributed by atoms with Gasteiger partial charge in [0, 0.05) is 13.2 Å². The first-order chi connectivity index (χ1) is 5.77. The number of nitrogens with one attached hydrogen (secondary N) is 1. The van der Waals surface area contributed by atoms with Crippen LogP contribution in [0, 0.1) is 0 Å². The standard InChI is InChI=1S/C8H9BN2O/c1-10-8(12)7-4-6(5-9)2-3-11-7/h2-4H,5H2,1H3,(H,10,12). The van der Waals surface area contributed by atoms with E-state index in [2.05, 4.69) is 10.3 Å². The van der Waals surface area contributed by atoms with Crippen molar-refractivity contribution >= 4 is 13.8 Å². The Labute approximate surface area is 72.6 Å². The Balaban J connectivity index is 2.93. The van der Waals surface area contributed by atoms with Gasteiger partial charge in [0.1, 0.15) is 5.69 Å². The van der Waals surface area contributed by atoms with Gasteiger partial charge in [-0.05, 0) is 12.1 Å². The van der Waals surface area contributed by atoms with E-state index in [9.17, 15) is 4.79 Å². The lowest BCUT2D eigenvalue weighted by Gasteiger charge is -2.00. The first-order valence-corrected chi connectivity index (χ1v) is 3.65. The van der Waals surface area contributed by atoms with E-state index in [0.29, 0.717) is 12.0 Å². The van der Waals surface area contributed by atoms with Gasteiger partial charge in [-0.1, -0.05) is 11.9 Å². The van der Waals surface area contributed by atoms with E-state index in [1.807, 2.05) is 0 Å². The molecule has 0 aromatic carbocycles. The fourth-order valence-electron chi connectivity index (χ4n) is 0.854. The lowest BCUT2D eigenvalue weighted by atomic mass is 9.97. The maximum atomic E-state index is 11.1. The zero-order valence-corrected chi connectivity index (χ0v) is 6.87. The van der Waals surface area contributed by atoms with Gasteiger partial charge in [0.2, 0.25) is 0 Å². The fraction of sp³-hybridized carbons (Fsp3) is 0.250. The van der Waals surface area contributed by atoms with E-state index in [-0.39, 0.29) is 5.91 Å². The number of hydrogen-bond acceptors (Lipinski definition) is 2. The molecular formula is C8H9BN2O. The minimum atomic E-state index is -0.190. The molecule has 0 unspecified atom stereocenters. The van der Waals surface area contributed by atoms with Crippen molar-refractivity contribution in [2.45, 2.75) is 6.32 Å². The minimum Gasteiger partial charge on any atom is -0.354 e. The molecule has 0 saturated carbocycles. The summed E-state index contributed by atoms with van der Waals surface area (Å²) in [5, 5.41) is 2.49. The zero-order valence-electron chi connectivity index (χ0n) is 6.87. The molecule has 1 N–H and O–H groups in total. The molecule has 0 aliphatic carbocycles. The molecule has 3 nitrogen and oxygen atoms in total. The lowest BCUT2D eigenvalue weighted by Crippen LogP contribution is -2.19. The number of carbonyl (C=O) groups excluding carboxylic acids is 1. The van der Waals surface area contributed by atoms with Crippen LogP contribution in [-0.2, 0) is 6.32 Å². The molecular weight excluding hydrogens is 151 g/mol. The van der Waals surface area contributed by atoms with Gasteiger partial charge < -0.3 is 5.32 Å². The molecule has 4 heteroatoms. The summed E-state index contributed by atoms with van der Waals surface area (Å²) in [7, 11) is 6.97. The second-order valence-electron chi connectivity index (χ2n) is 2.33. The topological polar surface area (TPSA) is 42.0 Å². The van der Waals surface area contributed by atoms with E-state index >= 15 is 0 Å². The molecule has 1 rings (SSSR count). The van der Waals surface area contributed by atoms with E-state index in [1.54, 1.807) is 25.4 Å². The van der Waals surface area contributed by atoms with Crippen molar-refractivity contribution in [3.05, 3.63) is 29.6 Å². The van der Waals surface area contributed by atoms with Gasteiger partial charge in [0.05, 0.1) is 7.85 Å². The Bertz CT molecular complexity index is 288. The first-order valence-electron chi connectivity index (χ1n) is 3.65. The van der Waals surface area contributed by atoms with E-state index in [0.717, 1.165) is 5.56 Å². The molecule has 0 atom stereocenters. The highest BCUT2D eigenvalue weighted by Gasteiger charge is 2.03. The molecule has 0 fully saturated rings. The predicted octanol–water partition coefficient (Wildman–Crippen LogP) is 0.110. The highest BCUT2D eigenvalue weighted by molar-refractivity contribution is 6.08. The lowest BCUT2D eigenvalue weighted by molar-refractivity contribution is 0.0958. The smallest absolute Gasteiger partial charge is 0.269 e. The van der Waals surface area contributed by atoms with Gasteiger partial charge in [0.15, 0.2) is 0 Å². The first kappa shape index (κ1) is 8.78. The molecule has 0 spiro atoms. The molecule has 1 heterocycles. The molecule has 1 amide bonds. The van der Waals surface area contributed by atoms with Crippen LogP contribution in [0.5, 0.6) is 0 Å². The molecule has 2 radical (unpaired) electrons. The second-order valence-corrected chi connectivity index (χ2v) is 2.33. The second kappa shape index (κ2) is 3.90. The van der Waals surface area contributed by atoms with Gasteiger partial charge in [-0.2, -0.15) is 0 Å². The van der Waals surface area contributed by atoms with Gasteiger partial charge in [-0.25, -0.2) is 0 Å². The van der Waals surface area contributed by atoms with Crippen LogP contribution in [0.15, 0.2) is 18.3 Å². The van der Waals surface area contributed by atoms with Gasteiger partial charge in [0.25, 0.3) is 5.91 Å². The van der Waals surface area contributed by atoms with Gasteiger partial charge in [-0.3, -0.25) is 9.78 Å². The van der Waals surface area contributed by atoms with Crippen molar-refractivity contribution in [3.8, 4) is 0 Å². The minimum absolute atomic E-state index is 0.190. The quantitative estimate of drug-likeness (QED) is 0.623. The maximum absolute atomic E-state index is 11.1. The summed E-state index contributed by atoms with van der Waals surface area (Å²) in [6, 6.07) is 3.46. The van der Waals surface area contributed by atoms with Crippen LogP contribution in [0.4, 0.5) is 0 Å². The SMILES string of the molecule is [B]Cc1ccnc(C(=O)NC)c1. The average molecular weight is 160 g/mol. The van der Waals surface area contributed by atoms with Crippen LogP contribution in [0.25, 0.3) is 0 Å². The Morgan fingerprint density at radius 1 is 1.75 bits per heavy atom. The van der Waals surface area contributed by atoms with Crippen LogP contribution < -0.4 is 5.32 Å². The van der Waals surface area contributed by atoms with Crippen LogP contribution in [-0.4, -0.2) is 25.8 Å². The number of aromatic nitrogens is 1. The largest absolute Gasteiger partial charge is 0.354 e. The third kappa shape index (κ3) is 1.84. The van der Waals surface area contributed by atoms with Crippen LogP contribution in [0.1, 0.15) is 16.1 Å². The predicted molar refractivity (Wildman–Crippen MR) is 47.1 cm³/mol. The van der Waals surface area contributed by atoms with Crippen LogP contribution in [0.3, 0.4) is 0 Å². The summed E-state index contributed by atoms with van der Waals surface area (Å²) in [5.74, 6) is -0.190. The van der Waals surface area contributed by atoms with E-state index in [1.165, 1.54) is 0 Å². The van der Waals surface area contributed by atoms with Gasteiger partial charge >= 0.3 is 0 Å². The Morgan fingerprint density at radius 2 is 2.50 bits per heavy atom. The summed E-state index contributed by atoms with van der Waals surface area (Å²) in [6.07, 6.45) is 2.00. The number of pyridine rings is 1. The van der Waals surface area contributed by atoms with E-state index < -0.39 is 0 Å². The number of nitrogens with zero attached hydrogens (tertiary/aromatic N) is 1. The fourth-order valence-corrected chi connectivity index (χ4v) is 0.854. The van der Waals surface area contributed by atoms with Gasteiger partial charge in [-0.15, -0.1) is 0 Å². The molecule has 0 aliphatic rings. The summed E-state index contributed by atoms with van der Waals surface area (Å²) < 4.78 is 0. The number of hydrogen-bond donors (Lipinski definition) is 1. The molecule has 0 bridgehead atoms. The summed E-state index contributed by atoms with van der Waals surface area (Å²) >= 11 is 0. The van der Waals surface area contributed by atoms with Crippen molar-refractivity contribution in [1.29, 1.82) is 0 Å². The summed E-state index contributed by atoms with van der Waals surface area (Å²) in [5.41, 5.74) is 1.31. The van der Waals surface area contributed by atoms with Crippen molar-refractivity contribution in [2.75, 3.05) is 7.05 Å². The molecule has 12 heavy (non-hydrogen) atoms. The molecule has 0 saturated heterocycles. The number of carbonyl (C=O) groups is 1. The van der Waals surface area contributed by atoms with Crippen molar-refractivity contribution in [3.63, 3.8) is 0 Å².